The van der Waals surface area contributed by atoms with Gasteiger partial charge in [-0.05, 0) is 56.1 Å². The molecule has 0 aromatic heterocycles. The molecular formula is C24H31ClO6. The molecule has 0 unspecified atom stereocenters. The summed E-state index contributed by atoms with van der Waals surface area (Å²) in [7, 11) is 0. The van der Waals surface area contributed by atoms with E-state index in [4.69, 9.17) is 16.3 Å². The summed E-state index contributed by atoms with van der Waals surface area (Å²) in [6, 6.07) is 0. The van der Waals surface area contributed by atoms with Gasteiger partial charge in [-0.15, -0.1) is 11.6 Å². The van der Waals surface area contributed by atoms with Gasteiger partial charge in [0.25, 0.3) is 0 Å². The SMILES string of the molecule is CCC(=O)O[C@]1(C(=O)CO)CC[C@H]2[C@@H]3CCC4=CC(=O)C=C[C@]4(C)[C@@]3(Cl)[C@@H](O)C[C@@]21C. The van der Waals surface area contributed by atoms with Gasteiger partial charge in [-0.1, -0.05) is 32.4 Å². The average Bonchev–Trinajstić information content (AvgIpc) is 3.01. The van der Waals surface area contributed by atoms with E-state index in [0.717, 1.165) is 5.57 Å². The lowest BCUT2D eigenvalue weighted by atomic mass is 9.45. The molecule has 7 heteroatoms. The molecular weight excluding hydrogens is 420 g/mol. The van der Waals surface area contributed by atoms with Gasteiger partial charge >= 0.3 is 5.97 Å². The van der Waals surface area contributed by atoms with Crippen LogP contribution in [0.4, 0.5) is 0 Å². The van der Waals surface area contributed by atoms with Crippen LogP contribution in [0.5, 0.6) is 0 Å². The van der Waals surface area contributed by atoms with E-state index in [9.17, 15) is 24.6 Å². The Bertz CT molecular complexity index is 895. The van der Waals surface area contributed by atoms with Gasteiger partial charge in [0.1, 0.15) is 6.61 Å². The number of halogens is 1. The summed E-state index contributed by atoms with van der Waals surface area (Å²) in [5.74, 6) is -1.29. The summed E-state index contributed by atoms with van der Waals surface area (Å²) >= 11 is 7.36. The lowest BCUT2D eigenvalue weighted by Gasteiger charge is -2.64. The predicted molar refractivity (Wildman–Crippen MR) is 114 cm³/mol. The zero-order chi connectivity index (χ0) is 22.8. The number of fused-ring (bicyclic) bond motifs is 5. The van der Waals surface area contributed by atoms with E-state index < -0.39 is 45.8 Å². The zero-order valence-electron chi connectivity index (χ0n) is 18.3. The summed E-state index contributed by atoms with van der Waals surface area (Å²) < 4.78 is 5.81. The highest BCUT2D eigenvalue weighted by atomic mass is 35.5. The summed E-state index contributed by atoms with van der Waals surface area (Å²) in [6.07, 6.45) is 6.57. The predicted octanol–water partition coefficient (Wildman–Crippen LogP) is 2.88. The van der Waals surface area contributed by atoms with Crippen LogP contribution in [0.25, 0.3) is 0 Å². The quantitative estimate of drug-likeness (QED) is 0.504. The molecule has 0 aliphatic heterocycles. The fourth-order valence-electron chi connectivity index (χ4n) is 7.28. The van der Waals surface area contributed by atoms with Gasteiger partial charge in [0.2, 0.25) is 5.78 Å². The summed E-state index contributed by atoms with van der Waals surface area (Å²) in [5, 5.41) is 21.3. The van der Waals surface area contributed by atoms with Crippen molar-refractivity contribution in [1.82, 2.24) is 0 Å². The number of rotatable bonds is 4. The number of ketones is 2. The maximum atomic E-state index is 13.0. The maximum Gasteiger partial charge on any atom is 0.306 e. The van der Waals surface area contributed by atoms with E-state index in [0.29, 0.717) is 25.7 Å². The molecule has 4 rings (SSSR count). The van der Waals surface area contributed by atoms with Gasteiger partial charge in [0.15, 0.2) is 11.4 Å². The first-order chi connectivity index (χ1) is 14.5. The van der Waals surface area contributed by atoms with Gasteiger partial charge in [-0.25, -0.2) is 0 Å². The highest BCUT2D eigenvalue weighted by Gasteiger charge is 2.74. The minimum atomic E-state index is -1.46. The van der Waals surface area contributed by atoms with E-state index in [1.165, 1.54) is 6.08 Å². The molecule has 2 N–H and O–H groups in total. The van der Waals surface area contributed by atoms with E-state index >= 15 is 0 Å². The molecule has 6 nitrogen and oxygen atoms in total. The van der Waals surface area contributed by atoms with E-state index in [1.807, 2.05) is 19.9 Å². The van der Waals surface area contributed by atoms with Crippen LogP contribution >= 0.6 is 11.6 Å². The third-order valence-corrected chi connectivity index (χ3v) is 9.86. The zero-order valence-corrected chi connectivity index (χ0v) is 19.1. The fraction of sp³-hybridized carbons (Fsp3) is 0.708. The number of hydrogen-bond acceptors (Lipinski definition) is 6. The number of carbonyl (C=O) groups is 3. The summed E-state index contributed by atoms with van der Waals surface area (Å²) in [5.41, 5.74) is -2.06. The van der Waals surface area contributed by atoms with E-state index in [-0.39, 0.29) is 30.5 Å². The van der Waals surface area contributed by atoms with Crippen molar-refractivity contribution in [3.8, 4) is 0 Å². The Morgan fingerprint density at radius 3 is 2.61 bits per heavy atom. The Kier molecular flexibility index (Phi) is 5.31. The minimum Gasteiger partial charge on any atom is -0.450 e. The van der Waals surface area contributed by atoms with Crippen LogP contribution in [0.2, 0.25) is 0 Å². The third-order valence-electron chi connectivity index (χ3n) is 8.93. The molecule has 4 aliphatic rings. The van der Waals surface area contributed by atoms with Crippen molar-refractivity contribution in [3.63, 3.8) is 0 Å². The maximum absolute atomic E-state index is 13.0. The number of carbonyl (C=O) groups excluding carboxylic acids is 3. The van der Waals surface area contributed by atoms with E-state index in [2.05, 4.69) is 0 Å². The molecule has 3 saturated carbocycles. The largest absolute Gasteiger partial charge is 0.450 e. The molecule has 3 fully saturated rings. The molecule has 0 aromatic carbocycles. The second-order valence-corrected chi connectivity index (χ2v) is 10.7. The first kappa shape index (κ1) is 22.7. The van der Waals surface area contributed by atoms with Crippen molar-refractivity contribution >= 4 is 29.1 Å². The van der Waals surface area contributed by atoms with Crippen molar-refractivity contribution in [2.24, 2.45) is 22.7 Å². The summed E-state index contributed by atoms with van der Waals surface area (Å²) in [6.45, 7) is 4.82. The Morgan fingerprint density at radius 1 is 1.26 bits per heavy atom. The van der Waals surface area contributed by atoms with Crippen molar-refractivity contribution < 1.29 is 29.3 Å². The van der Waals surface area contributed by atoms with Crippen LogP contribution in [0.1, 0.15) is 59.3 Å². The molecule has 0 radical (unpaired) electrons. The Morgan fingerprint density at radius 2 is 1.97 bits per heavy atom. The second kappa shape index (κ2) is 7.26. The normalized spacial score (nSPS) is 45.9. The van der Waals surface area contributed by atoms with Gasteiger partial charge in [-0.3, -0.25) is 14.4 Å². The number of hydrogen-bond donors (Lipinski definition) is 2. The Labute approximate surface area is 187 Å². The van der Waals surface area contributed by atoms with Crippen LogP contribution in [0.15, 0.2) is 23.8 Å². The molecule has 7 atom stereocenters. The first-order valence-corrected chi connectivity index (χ1v) is 11.5. The molecule has 0 bridgehead atoms. The van der Waals surface area contributed by atoms with Crippen LogP contribution in [-0.4, -0.2) is 50.9 Å². The number of alkyl halides is 1. The van der Waals surface area contributed by atoms with Gasteiger partial charge < -0.3 is 14.9 Å². The standard InChI is InChI=1S/C24H31ClO6/c1-4-20(30)31-23(19(29)13-26)10-8-16-17-6-5-14-11-15(27)7-9-21(14,2)24(17,25)18(28)12-22(16,23)3/h7,9,11,16-18,26,28H,4-6,8,10,12-13H2,1-3H3/t16-,17-,18-,21-,22-,23-,24-/m0/s1. The molecule has 0 saturated heterocycles. The average molecular weight is 451 g/mol. The molecule has 170 valence electrons. The smallest absolute Gasteiger partial charge is 0.306 e. The Balaban J connectivity index is 1.81. The minimum absolute atomic E-state index is 0.0683. The first-order valence-electron chi connectivity index (χ1n) is 11.2. The Hall–Kier alpha value is -1.50. The lowest BCUT2D eigenvalue weighted by molar-refractivity contribution is -0.197. The summed E-state index contributed by atoms with van der Waals surface area (Å²) in [4.78, 5) is 36.3. The number of aliphatic hydroxyl groups is 2. The lowest BCUT2D eigenvalue weighted by Crippen LogP contribution is -2.69. The van der Waals surface area contributed by atoms with Crippen LogP contribution in [-0.2, 0) is 19.1 Å². The highest BCUT2D eigenvalue weighted by molar-refractivity contribution is 6.26. The van der Waals surface area contributed by atoms with Crippen molar-refractivity contribution in [1.29, 1.82) is 0 Å². The number of allylic oxidation sites excluding steroid dienone is 4. The van der Waals surface area contributed by atoms with E-state index in [1.54, 1.807) is 13.0 Å². The fourth-order valence-corrected chi connectivity index (χ4v) is 7.80. The van der Waals surface area contributed by atoms with Crippen LogP contribution < -0.4 is 0 Å². The van der Waals surface area contributed by atoms with Crippen LogP contribution in [0, 0.1) is 22.7 Å². The third kappa shape index (κ3) is 2.74. The molecule has 0 aromatic rings. The van der Waals surface area contributed by atoms with Crippen molar-refractivity contribution in [3.05, 3.63) is 23.8 Å². The van der Waals surface area contributed by atoms with Crippen LogP contribution in [0.3, 0.4) is 0 Å². The number of ether oxygens (including phenoxy) is 1. The molecule has 0 spiro atoms. The molecule has 0 heterocycles. The highest BCUT2D eigenvalue weighted by Crippen LogP contribution is 2.71. The van der Waals surface area contributed by atoms with Gasteiger partial charge in [-0.2, -0.15) is 0 Å². The van der Waals surface area contributed by atoms with Gasteiger partial charge in [0.05, 0.1) is 11.0 Å². The number of esters is 1. The van der Waals surface area contributed by atoms with Crippen molar-refractivity contribution in [2.75, 3.05) is 6.61 Å². The topological polar surface area (TPSA) is 101 Å². The molecule has 0 amide bonds. The monoisotopic (exact) mass is 450 g/mol. The number of Topliss-reactive ketones (excluding diaryl/α,β-unsaturated/α-hetero) is 1. The molecule has 31 heavy (non-hydrogen) atoms. The van der Waals surface area contributed by atoms with Gasteiger partial charge in [0, 0.05) is 17.3 Å². The van der Waals surface area contributed by atoms with Crippen molar-refractivity contribution in [2.45, 2.75) is 75.9 Å². The number of aliphatic hydroxyl groups excluding tert-OH is 2. The second-order valence-electron chi connectivity index (χ2n) is 10.0. The molecule has 4 aliphatic carbocycles.